The van der Waals surface area contributed by atoms with Gasteiger partial charge >= 0.3 is 0 Å². The van der Waals surface area contributed by atoms with Crippen molar-refractivity contribution >= 4 is 0 Å². The van der Waals surface area contributed by atoms with Crippen molar-refractivity contribution in [1.29, 1.82) is 0 Å². The van der Waals surface area contributed by atoms with E-state index in [1.165, 1.54) is 64.2 Å². The summed E-state index contributed by atoms with van der Waals surface area (Å²) in [6, 6.07) is 2.88. The average Bonchev–Trinajstić information content (AvgIpc) is 2.31. The van der Waals surface area contributed by atoms with E-state index in [1.807, 2.05) is 6.92 Å². The van der Waals surface area contributed by atoms with Gasteiger partial charge in [0, 0.05) is 12.6 Å². The van der Waals surface area contributed by atoms with Crippen LogP contribution in [0.1, 0.15) is 78.1 Å². The van der Waals surface area contributed by atoms with Gasteiger partial charge in [-0.1, -0.05) is 70.6 Å². The van der Waals surface area contributed by atoms with E-state index in [1.54, 1.807) is 0 Å². The Morgan fingerprint density at radius 2 is 1.25 bits per heavy atom. The van der Waals surface area contributed by atoms with Crippen molar-refractivity contribution < 1.29 is 0 Å². The second-order valence-corrected chi connectivity index (χ2v) is 4.48. The highest BCUT2D eigenvalue weighted by Crippen LogP contribution is 2.10. The summed E-state index contributed by atoms with van der Waals surface area (Å²) in [6.07, 6.45) is 14.0. The van der Waals surface area contributed by atoms with Crippen molar-refractivity contribution in [3.63, 3.8) is 0 Å². The molecule has 0 radical (unpaired) electrons. The molecular formula is C15H29N. The summed E-state index contributed by atoms with van der Waals surface area (Å²) >= 11 is 0. The zero-order chi connectivity index (χ0) is 11.9. The van der Waals surface area contributed by atoms with Crippen LogP contribution in [0.2, 0.25) is 0 Å². The van der Waals surface area contributed by atoms with E-state index >= 15 is 0 Å². The van der Waals surface area contributed by atoms with Crippen molar-refractivity contribution in [3.8, 4) is 12.0 Å². The van der Waals surface area contributed by atoms with Gasteiger partial charge in [-0.3, -0.25) is 0 Å². The van der Waals surface area contributed by atoms with Crippen LogP contribution in [0.3, 0.4) is 0 Å². The molecule has 0 amide bonds. The SMILES string of the molecule is CC#CNCCCCCCCCCCCC. The van der Waals surface area contributed by atoms with Crippen LogP contribution in [0.4, 0.5) is 0 Å². The quantitative estimate of drug-likeness (QED) is 0.309. The summed E-state index contributed by atoms with van der Waals surface area (Å²) in [4.78, 5) is 0. The van der Waals surface area contributed by atoms with Crippen molar-refractivity contribution in [2.24, 2.45) is 0 Å². The molecule has 0 saturated carbocycles. The average molecular weight is 223 g/mol. The topological polar surface area (TPSA) is 12.0 Å². The van der Waals surface area contributed by atoms with E-state index < -0.39 is 0 Å². The van der Waals surface area contributed by atoms with Crippen molar-refractivity contribution in [1.82, 2.24) is 5.32 Å². The van der Waals surface area contributed by atoms with E-state index in [4.69, 9.17) is 0 Å². The second kappa shape index (κ2) is 14.4. The van der Waals surface area contributed by atoms with Crippen LogP contribution in [0.5, 0.6) is 0 Å². The normalized spacial score (nSPS) is 9.62. The molecule has 0 spiro atoms. The van der Waals surface area contributed by atoms with Gasteiger partial charge in [-0.2, -0.15) is 0 Å². The number of hydrogen-bond acceptors (Lipinski definition) is 1. The second-order valence-electron chi connectivity index (χ2n) is 4.48. The minimum Gasteiger partial charge on any atom is -0.346 e. The third-order valence-corrected chi connectivity index (χ3v) is 2.87. The van der Waals surface area contributed by atoms with Gasteiger partial charge in [0.15, 0.2) is 0 Å². The van der Waals surface area contributed by atoms with Crippen LogP contribution in [-0.2, 0) is 0 Å². The molecule has 0 aromatic carbocycles. The lowest BCUT2D eigenvalue weighted by Crippen LogP contribution is -2.06. The molecule has 0 aromatic heterocycles. The summed E-state index contributed by atoms with van der Waals surface area (Å²) in [5.74, 6) is 2.84. The van der Waals surface area contributed by atoms with E-state index in [-0.39, 0.29) is 0 Å². The number of rotatable bonds is 11. The highest BCUT2D eigenvalue weighted by atomic mass is 14.8. The molecule has 1 heteroatoms. The number of nitrogens with one attached hydrogen (secondary N) is 1. The summed E-state index contributed by atoms with van der Waals surface area (Å²) in [7, 11) is 0. The van der Waals surface area contributed by atoms with Crippen molar-refractivity contribution in [2.45, 2.75) is 78.1 Å². The minimum atomic E-state index is 1.05. The Balaban J connectivity index is 2.89. The predicted molar refractivity (Wildman–Crippen MR) is 73.3 cm³/mol. The van der Waals surface area contributed by atoms with E-state index in [0.717, 1.165) is 6.54 Å². The van der Waals surface area contributed by atoms with Gasteiger partial charge in [0.2, 0.25) is 0 Å². The molecule has 1 nitrogen and oxygen atoms in total. The molecule has 0 aromatic rings. The maximum Gasteiger partial charge on any atom is 0.0229 e. The molecule has 1 N–H and O–H groups in total. The van der Waals surface area contributed by atoms with Crippen LogP contribution in [0.15, 0.2) is 0 Å². The fourth-order valence-electron chi connectivity index (χ4n) is 1.85. The molecule has 0 aliphatic carbocycles. The molecule has 0 rings (SSSR count). The molecular weight excluding hydrogens is 194 g/mol. The van der Waals surface area contributed by atoms with Crippen LogP contribution in [-0.4, -0.2) is 6.54 Å². The Hall–Kier alpha value is -0.640. The van der Waals surface area contributed by atoms with E-state index in [9.17, 15) is 0 Å². The van der Waals surface area contributed by atoms with E-state index in [0.29, 0.717) is 0 Å². The number of hydrogen-bond donors (Lipinski definition) is 1. The monoisotopic (exact) mass is 223 g/mol. The Morgan fingerprint density at radius 3 is 1.75 bits per heavy atom. The Labute approximate surface area is 102 Å². The fourth-order valence-corrected chi connectivity index (χ4v) is 1.85. The summed E-state index contributed by atoms with van der Waals surface area (Å²) in [5, 5.41) is 3.10. The van der Waals surface area contributed by atoms with Gasteiger partial charge in [0.05, 0.1) is 0 Å². The summed E-state index contributed by atoms with van der Waals surface area (Å²) in [5.41, 5.74) is 0. The van der Waals surface area contributed by atoms with E-state index in [2.05, 4.69) is 24.2 Å². The highest BCUT2D eigenvalue weighted by molar-refractivity contribution is 4.91. The third kappa shape index (κ3) is 13.4. The first-order chi connectivity index (χ1) is 7.91. The van der Waals surface area contributed by atoms with Crippen LogP contribution >= 0.6 is 0 Å². The largest absolute Gasteiger partial charge is 0.346 e. The Morgan fingerprint density at radius 1 is 0.750 bits per heavy atom. The smallest absolute Gasteiger partial charge is 0.0229 e. The zero-order valence-corrected chi connectivity index (χ0v) is 11.3. The van der Waals surface area contributed by atoms with Crippen molar-refractivity contribution in [3.05, 3.63) is 0 Å². The molecule has 16 heavy (non-hydrogen) atoms. The first kappa shape index (κ1) is 15.4. The first-order valence-corrected chi connectivity index (χ1v) is 7.06. The van der Waals surface area contributed by atoms with Crippen LogP contribution in [0, 0.1) is 12.0 Å². The maximum atomic E-state index is 3.10. The molecule has 0 aliphatic rings. The standard InChI is InChI=1S/C15H29N/c1-3-5-6-7-8-9-10-11-12-13-15-16-14-4-2/h16H,3,5-13,15H2,1-2H3. The lowest BCUT2D eigenvalue weighted by atomic mass is 10.1. The first-order valence-electron chi connectivity index (χ1n) is 7.06. The van der Waals surface area contributed by atoms with Gasteiger partial charge in [0.25, 0.3) is 0 Å². The summed E-state index contributed by atoms with van der Waals surface area (Å²) in [6.45, 7) is 5.19. The van der Waals surface area contributed by atoms with Crippen LogP contribution < -0.4 is 5.32 Å². The highest BCUT2D eigenvalue weighted by Gasteiger charge is 1.91. The van der Waals surface area contributed by atoms with Gasteiger partial charge in [-0.15, -0.1) is 0 Å². The molecule has 0 unspecified atom stereocenters. The van der Waals surface area contributed by atoms with Crippen molar-refractivity contribution in [2.75, 3.05) is 6.54 Å². The number of unbranched alkanes of at least 4 members (excludes halogenated alkanes) is 9. The summed E-state index contributed by atoms with van der Waals surface area (Å²) < 4.78 is 0. The molecule has 0 bridgehead atoms. The zero-order valence-electron chi connectivity index (χ0n) is 11.3. The third-order valence-electron chi connectivity index (χ3n) is 2.87. The predicted octanol–water partition coefficient (Wildman–Crippen LogP) is 4.48. The Kier molecular flexibility index (Phi) is 13.8. The minimum absolute atomic E-state index is 1.05. The lowest BCUT2D eigenvalue weighted by molar-refractivity contribution is 0.554. The molecule has 0 heterocycles. The molecule has 94 valence electrons. The van der Waals surface area contributed by atoms with Gasteiger partial charge < -0.3 is 5.32 Å². The molecule has 0 saturated heterocycles. The fraction of sp³-hybridized carbons (Fsp3) is 0.867. The van der Waals surface area contributed by atoms with Gasteiger partial charge in [-0.25, -0.2) is 0 Å². The maximum absolute atomic E-state index is 3.10. The lowest BCUT2D eigenvalue weighted by Gasteiger charge is -2.01. The molecule has 0 atom stereocenters. The molecule has 0 fully saturated rings. The van der Waals surface area contributed by atoms with Gasteiger partial charge in [0.1, 0.15) is 0 Å². The Bertz CT molecular complexity index is 176. The van der Waals surface area contributed by atoms with Crippen LogP contribution in [0.25, 0.3) is 0 Å². The molecule has 0 aliphatic heterocycles. The van der Waals surface area contributed by atoms with Gasteiger partial charge in [-0.05, 0) is 13.3 Å².